The first kappa shape index (κ1) is 19.0. The summed E-state index contributed by atoms with van der Waals surface area (Å²) < 4.78 is 18.5. The summed E-state index contributed by atoms with van der Waals surface area (Å²) in [5.74, 6) is -0.215. The van der Waals surface area contributed by atoms with E-state index in [4.69, 9.17) is 4.74 Å². The molecule has 2 aliphatic rings. The van der Waals surface area contributed by atoms with Gasteiger partial charge in [-0.15, -0.1) is 11.8 Å². The van der Waals surface area contributed by atoms with Gasteiger partial charge in [-0.05, 0) is 43.9 Å². The highest BCUT2D eigenvalue weighted by molar-refractivity contribution is 8.02. The standard InChI is InChI=1S/C19H26FN3O2S/c1-19(2,3)25-18(24)23-10-8-22(9-11-23)12-16-13-26-17(21-16)14-4-6-15(20)7-5-14/h4-7,13,17,21H,8-12H2,1-3H3. The lowest BCUT2D eigenvalue weighted by atomic mass is 10.2. The van der Waals surface area contributed by atoms with Gasteiger partial charge in [-0.2, -0.15) is 0 Å². The first-order chi connectivity index (χ1) is 12.3. The third-order valence-corrected chi connectivity index (χ3v) is 5.34. The van der Waals surface area contributed by atoms with Crippen LogP contribution in [0.25, 0.3) is 0 Å². The number of benzene rings is 1. The molecule has 1 fully saturated rings. The van der Waals surface area contributed by atoms with Gasteiger partial charge in [-0.1, -0.05) is 12.1 Å². The summed E-state index contributed by atoms with van der Waals surface area (Å²) in [7, 11) is 0. The van der Waals surface area contributed by atoms with Crippen LogP contribution in [0.4, 0.5) is 9.18 Å². The van der Waals surface area contributed by atoms with Crippen molar-refractivity contribution >= 4 is 17.9 Å². The highest BCUT2D eigenvalue weighted by Crippen LogP contribution is 2.34. The van der Waals surface area contributed by atoms with Crippen molar-refractivity contribution in [1.29, 1.82) is 0 Å². The molecule has 2 aliphatic heterocycles. The second kappa shape index (κ2) is 7.88. The molecular formula is C19H26FN3O2S. The number of carbonyl (C=O) groups excluding carboxylic acids is 1. The van der Waals surface area contributed by atoms with Crippen LogP contribution < -0.4 is 5.32 Å². The Kier molecular flexibility index (Phi) is 5.77. The first-order valence-corrected chi connectivity index (χ1v) is 9.81. The maximum Gasteiger partial charge on any atom is 0.410 e. The number of amides is 1. The minimum absolute atomic E-state index is 0.133. The molecule has 5 nitrogen and oxygen atoms in total. The van der Waals surface area contributed by atoms with E-state index in [2.05, 4.69) is 15.6 Å². The Labute approximate surface area is 158 Å². The van der Waals surface area contributed by atoms with E-state index < -0.39 is 5.60 Å². The Morgan fingerprint density at radius 1 is 1.23 bits per heavy atom. The second-order valence-electron chi connectivity index (χ2n) is 7.60. The van der Waals surface area contributed by atoms with Crippen molar-refractivity contribution in [3.8, 4) is 0 Å². The summed E-state index contributed by atoms with van der Waals surface area (Å²) in [5.41, 5.74) is 1.77. The van der Waals surface area contributed by atoms with E-state index in [1.165, 1.54) is 12.1 Å². The number of ether oxygens (including phenoxy) is 1. The number of nitrogens with zero attached hydrogens (tertiary/aromatic N) is 2. The van der Waals surface area contributed by atoms with Crippen molar-refractivity contribution in [2.75, 3.05) is 32.7 Å². The van der Waals surface area contributed by atoms with E-state index in [9.17, 15) is 9.18 Å². The lowest BCUT2D eigenvalue weighted by molar-refractivity contribution is 0.0151. The fourth-order valence-corrected chi connectivity index (χ4v) is 3.90. The van der Waals surface area contributed by atoms with Gasteiger partial charge < -0.3 is 15.0 Å². The summed E-state index contributed by atoms with van der Waals surface area (Å²) in [6.45, 7) is 9.48. The molecule has 3 rings (SSSR count). The van der Waals surface area contributed by atoms with Crippen LogP contribution in [0, 0.1) is 5.82 Å². The van der Waals surface area contributed by atoms with E-state index in [1.54, 1.807) is 16.7 Å². The van der Waals surface area contributed by atoms with Crippen LogP contribution in [0.15, 0.2) is 35.4 Å². The number of thioether (sulfide) groups is 1. The van der Waals surface area contributed by atoms with Crippen molar-refractivity contribution in [3.05, 3.63) is 46.8 Å². The summed E-state index contributed by atoms with van der Waals surface area (Å²) in [6.07, 6.45) is -0.234. The van der Waals surface area contributed by atoms with Gasteiger partial charge in [0.15, 0.2) is 0 Å². The number of hydrogen-bond acceptors (Lipinski definition) is 5. The van der Waals surface area contributed by atoms with Gasteiger partial charge in [-0.25, -0.2) is 9.18 Å². The van der Waals surface area contributed by atoms with Crippen molar-refractivity contribution in [2.45, 2.75) is 31.7 Å². The fraction of sp³-hybridized carbons (Fsp3) is 0.526. The number of nitrogens with one attached hydrogen (secondary N) is 1. The zero-order valence-corrected chi connectivity index (χ0v) is 16.3. The first-order valence-electron chi connectivity index (χ1n) is 8.87. The molecule has 0 bridgehead atoms. The Balaban J connectivity index is 1.44. The highest BCUT2D eigenvalue weighted by Gasteiger charge is 2.27. The molecule has 0 spiro atoms. The van der Waals surface area contributed by atoms with Gasteiger partial charge in [0.2, 0.25) is 0 Å². The Bertz CT molecular complexity index is 664. The van der Waals surface area contributed by atoms with Crippen molar-refractivity contribution in [1.82, 2.24) is 15.1 Å². The summed E-state index contributed by atoms with van der Waals surface area (Å²) in [5, 5.41) is 5.76. The van der Waals surface area contributed by atoms with E-state index in [1.807, 2.05) is 32.9 Å². The topological polar surface area (TPSA) is 44.8 Å². The van der Waals surface area contributed by atoms with Gasteiger partial charge in [0.1, 0.15) is 16.8 Å². The molecule has 1 amide bonds. The quantitative estimate of drug-likeness (QED) is 0.870. The van der Waals surface area contributed by atoms with Crippen LogP contribution in [0.5, 0.6) is 0 Å². The molecule has 7 heteroatoms. The van der Waals surface area contributed by atoms with Crippen LogP contribution in [0.3, 0.4) is 0 Å². The van der Waals surface area contributed by atoms with Crippen LogP contribution in [0.1, 0.15) is 31.7 Å². The van der Waals surface area contributed by atoms with Crippen molar-refractivity contribution in [3.63, 3.8) is 0 Å². The third kappa shape index (κ3) is 5.14. The average Bonchev–Trinajstić information content (AvgIpc) is 3.03. The lowest BCUT2D eigenvalue weighted by Crippen LogP contribution is -2.50. The van der Waals surface area contributed by atoms with Crippen LogP contribution >= 0.6 is 11.8 Å². The van der Waals surface area contributed by atoms with Gasteiger partial charge in [0.25, 0.3) is 0 Å². The number of hydrogen-bond donors (Lipinski definition) is 1. The second-order valence-corrected chi connectivity index (χ2v) is 8.58. The van der Waals surface area contributed by atoms with Crippen LogP contribution in [-0.4, -0.2) is 54.2 Å². The van der Waals surface area contributed by atoms with Gasteiger partial charge in [0.05, 0.1) is 0 Å². The van der Waals surface area contributed by atoms with E-state index in [0.717, 1.165) is 30.9 Å². The van der Waals surface area contributed by atoms with Crippen molar-refractivity contribution < 1.29 is 13.9 Å². The number of rotatable bonds is 3. The zero-order chi connectivity index (χ0) is 18.7. The number of halogens is 1. The monoisotopic (exact) mass is 379 g/mol. The molecule has 1 N–H and O–H groups in total. The van der Waals surface area contributed by atoms with E-state index in [0.29, 0.717) is 13.1 Å². The Morgan fingerprint density at radius 3 is 2.50 bits per heavy atom. The molecular weight excluding hydrogens is 353 g/mol. The maximum absolute atomic E-state index is 13.1. The summed E-state index contributed by atoms with van der Waals surface area (Å²) >= 11 is 1.70. The maximum atomic E-state index is 13.1. The molecule has 142 valence electrons. The van der Waals surface area contributed by atoms with E-state index >= 15 is 0 Å². The molecule has 1 unspecified atom stereocenters. The molecule has 2 heterocycles. The smallest absolute Gasteiger partial charge is 0.410 e. The minimum atomic E-state index is -0.459. The molecule has 1 aromatic carbocycles. The predicted octanol–water partition coefficient (Wildman–Crippen LogP) is 3.55. The average molecular weight is 380 g/mol. The van der Waals surface area contributed by atoms with E-state index in [-0.39, 0.29) is 17.3 Å². The molecule has 26 heavy (non-hydrogen) atoms. The van der Waals surface area contributed by atoms with Crippen LogP contribution in [-0.2, 0) is 4.74 Å². The normalized spacial score (nSPS) is 21.3. The fourth-order valence-electron chi connectivity index (χ4n) is 2.92. The minimum Gasteiger partial charge on any atom is -0.444 e. The molecule has 0 aliphatic carbocycles. The Morgan fingerprint density at radius 2 is 1.88 bits per heavy atom. The molecule has 1 aromatic rings. The predicted molar refractivity (Wildman–Crippen MR) is 102 cm³/mol. The van der Waals surface area contributed by atoms with Crippen molar-refractivity contribution in [2.24, 2.45) is 0 Å². The summed E-state index contributed by atoms with van der Waals surface area (Å²) in [4.78, 5) is 16.2. The third-order valence-electron chi connectivity index (χ3n) is 4.25. The highest BCUT2D eigenvalue weighted by atomic mass is 32.2. The molecule has 0 aromatic heterocycles. The Hall–Kier alpha value is -1.73. The lowest BCUT2D eigenvalue weighted by Gasteiger charge is -2.35. The zero-order valence-electron chi connectivity index (χ0n) is 15.5. The van der Waals surface area contributed by atoms with Crippen LogP contribution in [0.2, 0.25) is 0 Å². The molecule has 1 atom stereocenters. The molecule has 1 saturated heterocycles. The van der Waals surface area contributed by atoms with Gasteiger partial charge >= 0.3 is 6.09 Å². The van der Waals surface area contributed by atoms with Gasteiger partial charge in [0, 0.05) is 38.4 Å². The number of piperazine rings is 1. The SMILES string of the molecule is CC(C)(C)OC(=O)N1CCN(CC2=CSC(c3ccc(F)cc3)N2)CC1. The molecule has 0 radical (unpaired) electrons. The largest absolute Gasteiger partial charge is 0.444 e. The summed E-state index contributed by atoms with van der Waals surface area (Å²) in [6, 6.07) is 6.61. The molecule has 0 saturated carbocycles. The van der Waals surface area contributed by atoms with Gasteiger partial charge in [-0.3, -0.25) is 4.90 Å². The number of carbonyl (C=O) groups is 1.